The van der Waals surface area contributed by atoms with Crippen LogP contribution >= 0.6 is 0 Å². The normalized spacial score (nSPS) is 18.3. The monoisotopic (exact) mass is 293 g/mol. The average Bonchev–Trinajstić information content (AvgIpc) is 2.41. The molecule has 1 fully saturated rings. The van der Waals surface area contributed by atoms with Gasteiger partial charge >= 0.3 is 0 Å². The molecule has 4 heteroatoms. The second-order valence-electron chi connectivity index (χ2n) is 7.28. The molecule has 0 aromatic carbocycles. The summed E-state index contributed by atoms with van der Waals surface area (Å²) in [7, 11) is 0. The van der Waals surface area contributed by atoms with E-state index in [0.717, 1.165) is 32.5 Å². The minimum Gasteiger partial charge on any atom is -0.354 e. The van der Waals surface area contributed by atoms with Crippen molar-refractivity contribution in [3.05, 3.63) is 23.6 Å². The van der Waals surface area contributed by atoms with Crippen molar-refractivity contribution in [1.29, 1.82) is 0 Å². The van der Waals surface area contributed by atoms with Crippen LogP contribution in [0, 0.1) is 17.2 Å². The van der Waals surface area contributed by atoms with Gasteiger partial charge in [0.15, 0.2) is 11.6 Å². The minimum absolute atomic E-state index is 0.159. The molecule has 1 aliphatic rings. The van der Waals surface area contributed by atoms with E-state index in [1.165, 1.54) is 0 Å². The first kappa shape index (κ1) is 16.2. The van der Waals surface area contributed by atoms with E-state index in [2.05, 4.69) is 42.9 Å². The summed E-state index contributed by atoms with van der Waals surface area (Å²) < 4.78 is 14.6. The van der Waals surface area contributed by atoms with Crippen LogP contribution in [0.5, 0.6) is 0 Å². The Morgan fingerprint density at radius 3 is 2.62 bits per heavy atom. The third-order valence-electron chi connectivity index (χ3n) is 4.24. The summed E-state index contributed by atoms with van der Waals surface area (Å²) in [6.07, 6.45) is 3.90. The molecule has 0 spiro atoms. The van der Waals surface area contributed by atoms with Gasteiger partial charge in [-0.05, 0) is 36.8 Å². The van der Waals surface area contributed by atoms with Gasteiger partial charge in [-0.2, -0.15) is 0 Å². The second kappa shape index (κ2) is 6.73. The lowest BCUT2D eigenvalue weighted by molar-refractivity contribution is 0.278. The SMILES string of the molecule is CC(C)CNCc1ccnc(N2CCC(C)(C)CC2)c1F. The van der Waals surface area contributed by atoms with Gasteiger partial charge in [-0.1, -0.05) is 27.7 Å². The number of pyridine rings is 1. The molecule has 21 heavy (non-hydrogen) atoms. The zero-order valence-electron chi connectivity index (χ0n) is 13.7. The highest BCUT2D eigenvalue weighted by Crippen LogP contribution is 2.32. The molecule has 0 unspecified atom stereocenters. The molecule has 1 aliphatic heterocycles. The van der Waals surface area contributed by atoms with Crippen molar-refractivity contribution < 1.29 is 4.39 Å². The van der Waals surface area contributed by atoms with Gasteiger partial charge in [-0.3, -0.25) is 0 Å². The van der Waals surface area contributed by atoms with Crippen LogP contribution in [0.15, 0.2) is 12.3 Å². The Morgan fingerprint density at radius 2 is 2.00 bits per heavy atom. The highest BCUT2D eigenvalue weighted by Gasteiger charge is 2.27. The molecular formula is C17H28FN3. The van der Waals surface area contributed by atoms with Crippen molar-refractivity contribution in [2.75, 3.05) is 24.5 Å². The van der Waals surface area contributed by atoms with E-state index < -0.39 is 0 Å². The molecule has 2 rings (SSSR count). The number of aromatic nitrogens is 1. The van der Waals surface area contributed by atoms with Gasteiger partial charge in [0.2, 0.25) is 0 Å². The lowest BCUT2D eigenvalue weighted by Gasteiger charge is -2.37. The van der Waals surface area contributed by atoms with Crippen LogP contribution in [0.4, 0.5) is 10.2 Å². The van der Waals surface area contributed by atoms with Gasteiger partial charge in [0.25, 0.3) is 0 Å². The Labute approximate surface area is 127 Å². The number of halogens is 1. The van der Waals surface area contributed by atoms with Gasteiger partial charge in [0.05, 0.1) is 0 Å². The van der Waals surface area contributed by atoms with Crippen LogP contribution in [-0.2, 0) is 6.54 Å². The Balaban J connectivity index is 2.04. The molecule has 0 aliphatic carbocycles. The van der Waals surface area contributed by atoms with Gasteiger partial charge in [0.1, 0.15) is 0 Å². The summed E-state index contributed by atoms with van der Waals surface area (Å²) in [6.45, 7) is 12.1. The first-order valence-corrected chi connectivity index (χ1v) is 7.98. The molecule has 2 heterocycles. The Kier molecular flexibility index (Phi) is 5.20. The predicted molar refractivity (Wildman–Crippen MR) is 86.0 cm³/mol. The van der Waals surface area contributed by atoms with Crippen molar-refractivity contribution in [2.45, 2.75) is 47.1 Å². The Bertz CT molecular complexity index is 461. The quantitative estimate of drug-likeness (QED) is 0.899. The molecular weight excluding hydrogens is 265 g/mol. The van der Waals surface area contributed by atoms with E-state index in [9.17, 15) is 4.39 Å². The van der Waals surface area contributed by atoms with E-state index in [4.69, 9.17) is 0 Å². The van der Waals surface area contributed by atoms with Gasteiger partial charge in [-0.15, -0.1) is 0 Å². The summed E-state index contributed by atoms with van der Waals surface area (Å²) >= 11 is 0. The zero-order chi connectivity index (χ0) is 15.5. The molecule has 0 amide bonds. The van der Waals surface area contributed by atoms with Crippen molar-refractivity contribution >= 4 is 5.82 Å². The minimum atomic E-state index is -0.159. The Morgan fingerprint density at radius 1 is 1.33 bits per heavy atom. The zero-order valence-corrected chi connectivity index (χ0v) is 13.7. The molecule has 3 nitrogen and oxygen atoms in total. The molecule has 0 bridgehead atoms. The fourth-order valence-electron chi connectivity index (χ4n) is 2.65. The largest absolute Gasteiger partial charge is 0.354 e. The highest BCUT2D eigenvalue weighted by molar-refractivity contribution is 5.43. The van der Waals surface area contributed by atoms with Crippen LogP contribution in [0.25, 0.3) is 0 Å². The number of anilines is 1. The van der Waals surface area contributed by atoms with Crippen molar-refractivity contribution in [3.63, 3.8) is 0 Å². The number of hydrogen-bond acceptors (Lipinski definition) is 3. The van der Waals surface area contributed by atoms with Crippen molar-refractivity contribution in [3.8, 4) is 0 Å². The van der Waals surface area contributed by atoms with Crippen molar-refractivity contribution in [1.82, 2.24) is 10.3 Å². The number of piperidine rings is 1. The third kappa shape index (κ3) is 4.40. The van der Waals surface area contributed by atoms with Gasteiger partial charge < -0.3 is 10.2 Å². The average molecular weight is 293 g/mol. The smallest absolute Gasteiger partial charge is 0.170 e. The van der Waals surface area contributed by atoms with Gasteiger partial charge in [0, 0.05) is 31.4 Å². The van der Waals surface area contributed by atoms with Crippen molar-refractivity contribution in [2.24, 2.45) is 11.3 Å². The summed E-state index contributed by atoms with van der Waals surface area (Å²) in [6, 6.07) is 1.78. The Hall–Kier alpha value is -1.16. The standard InChI is InChI=1S/C17H28FN3/c1-13(2)11-19-12-14-5-8-20-16(15(14)18)21-9-6-17(3,4)7-10-21/h5,8,13,19H,6-7,9-12H2,1-4H3. The maximum absolute atomic E-state index is 14.6. The maximum Gasteiger partial charge on any atom is 0.170 e. The fraction of sp³-hybridized carbons (Fsp3) is 0.706. The van der Waals surface area contributed by atoms with Crippen LogP contribution in [0.1, 0.15) is 46.1 Å². The van der Waals surface area contributed by atoms with Crippen LogP contribution < -0.4 is 10.2 Å². The summed E-state index contributed by atoms with van der Waals surface area (Å²) in [5.74, 6) is 0.932. The molecule has 1 aromatic rings. The van der Waals surface area contributed by atoms with E-state index >= 15 is 0 Å². The first-order valence-electron chi connectivity index (χ1n) is 7.98. The lowest BCUT2D eigenvalue weighted by atomic mass is 9.83. The molecule has 0 saturated carbocycles. The number of nitrogens with zero attached hydrogens (tertiary/aromatic N) is 2. The predicted octanol–water partition coefficient (Wildman–Crippen LogP) is 3.59. The second-order valence-corrected chi connectivity index (χ2v) is 7.28. The number of rotatable bonds is 5. The van der Waals surface area contributed by atoms with E-state index in [-0.39, 0.29) is 5.82 Å². The summed E-state index contributed by atoms with van der Waals surface area (Å²) in [5, 5.41) is 3.30. The fourth-order valence-corrected chi connectivity index (χ4v) is 2.65. The maximum atomic E-state index is 14.6. The van der Waals surface area contributed by atoms with E-state index in [1.54, 1.807) is 12.3 Å². The topological polar surface area (TPSA) is 28.2 Å². The summed E-state index contributed by atoms with van der Waals surface area (Å²) in [4.78, 5) is 6.37. The van der Waals surface area contributed by atoms with E-state index in [1.807, 2.05) is 0 Å². The molecule has 118 valence electrons. The molecule has 1 N–H and O–H groups in total. The van der Waals surface area contributed by atoms with Gasteiger partial charge in [-0.25, -0.2) is 9.37 Å². The molecule has 0 atom stereocenters. The molecule has 1 saturated heterocycles. The molecule has 0 radical (unpaired) electrons. The number of hydrogen-bond donors (Lipinski definition) is 1. The lowest BCUT2D eigenvalue weighted by Crippen LogP contribution is -2.38. The molecule has 1 aromatic heterocycles. The van der Waals surface area contributed by atoms with E-state index in [0.29, 0.717) is 29.3 Å². The highest BCUT2D eigenvalue weighted by atomic mass is 19.1. The van der Waals surface area contributed by atoms with Crippen LogP contribution in [-0.4, -0.2) is 24.6 Å². The van der Waals surface area contributed by atoms with Crippen LogP contribution in [0.3, 0.4) is 0 Å². The third-order valence-corrected chi connectivity index (χ3v) is 4.24. The summed E-state index contributed by atoms with van der Waals surface area (Å²) in [5.41, 5.74) is 1.08. The van der Waals surface area contributed by atoms with Crippen LogP contribution in [0.2, 0.25) is 0 Å². The first-order chi connectivity index (χ1) is 9.89. The number of nitrogens with one attached hydrogen (secondary N) is 1.